The van der Waals surface area contributed by atoms with Crippen molar-refractivity contribution in [3.05, 3.63) is 40.2 Å². The highest BCUT2D eigenvalue weighted by Crippen LogP contribution is 2.21. The Hall–Kier alpha value is -3.26. The van der Waals surface area contributed by atoms with Gasteiger partial charge in [-0.3, -0.25) is 19.6 Å². The molecule has 2 aromatic rings. The molecule has 214 valence electrons. The predicted octanol–water partition coefficient (Wildman–Crippen LogP) is 0.225. The number of halogens is 3. The van der Waals surface area contributed by atoms with Gasteiger partial charge >= 0.3 is 5.63 Å². The standard InChI is InChI=1S/C22H33N9O4.3ClH/c1-12-10-18(32)35-17-11-13(6-7-14(12)17)30-20(34)16(5-3-9-29-22(26)27)31-19(33)15(23)4-2-8-28-21(24)25;;;/h6-7,10-11,15-16H,2-5,8-9,23H2,1H3,(H,30,34)(H,31,33)(H4,24,25,28)(H4,26,27,29);3*1H/t15-,16-;;;/m0.../s1. The number of anilines is 1. The number of aliphatic imine (C=N–C) groups is 2. The van der Waals surface area contributed by atoms with Crippen molar-refractivity contribution in [2.24, 2.45) is 38.7 Å². The molecule has 1 aromatic heterocycles. The zero-order chi connectivity index (χ0) is 26.0. The summed E-state index contributed by atoms with van der Waals surface area (Å²) in [5.41, 5.74) is 28.2. The first-order valence-electron chi connectivity index (χ1n) is 11.1. The van der Waals surface area contributed by atoms with Crippen molar-refractivity contribution < 1.29 is 14.0 Å². The van der Waals surface area contributed by atoms with Gasteiger partial charge in [0.15, 0.2) is 11.9 Å². The van der Waals surface area contributed by atoms with Crippen molar-refractivity contribution in [2.45, 2.75) is 44.7 Å². The number of carbonyl (C=O) groups is 2. The van der Waals surface area contributed by atoms with E-state index in [4.69, 9.17) is 33.1 Å². The monoisotopic (exact) mass is 595 g/mol. The first-order valence-corrected chi connectivity index (χ1v) is 11.1. The Morgan fingerprint density at radius 3 is 2.08 bits per heavy atom. The Bertz CT molecular complexity index is 1170. The molecule has 16 heteroatoms. The van der Waals surface area contributed by atoms with Gasteiger partial charge in [0.05, 0.1) is 6.04 Å². The average molecular weight is 597 g/mol. The van der Waals surface area contributed by atoms with Gasteiger partial charge in [-0.1, -0.05) is 0 Å². The molecule has 1 aromatic carbocycles. The Morgan fingerprint density at radius 2 is 1.50 bits per heavy atom. The molecule has 12 N–H and O–H groups in total. The number of amides is 2. The molecule has 0 radical (unpaired) electrons. The molecule has 0 saturated carbocycles. The zero-order valence-corrected chi connectivity index (χ0v) is 23.3. The zero-order valence-electron chi connectivity index (χ0n) is 20.8. The molecule has 0 fully saturated rings. The summed E-state index contributed by atoms with van der Waals surface area (Å²) in [7, 11) is 0. The summed E-state index contributed by atoms with van der Waals surface area (Å²) in [5.74, 6) is -1.06. The summed E-state index contributed by atoms with van der Waals surface area (Å²) < 4.78 is 5.23. The molecule has 13 nitrogen and oxygen atoms in total. The Morgan fingerprint density at radius 1 is 0.921 bits per heavy atom. The van der Waals surface area contributed by atoms with Gasteiger partial charge in [0.2, 0.25) is 11.8 Å². The van der Waals surface area contributed by atoms with Gasteiger partial charge in [-0.25, -0.2) is 4.79 Å². The third-order valence-corrected chi connectivity index (χ3v) is 5.10. The summed E-state index contributed by atoms with van der Waals surface area (Å²) in [5, 5.41) is 6.18. The van der Waals surface area contributed by atoms with Gasteiger partial charge in [-0.05, 0) is 50.3 Å². The molecule has 1 heterocycles. The van der Waals surface area contributed by atoms with Crippen LogP contribution in [0.5, 0.6) is 0 Å². The van der Waals surface area contributed by atoms with Crippen molar-refractivity contribution in [1.29, 1.82) is 0 Å². The molecule has 0 bridgehead atoms. The Kier molecular flexibility index (Phi) is 17.5. The second kappa shape index (κ2) is 18.1. The second-order valence-corrected chi connectivity index (χ2v) is 8.01. The maximum Gasteiger partial charge on any atom is 0.336 e. The van der Waals surface area contributed by atoms with Gasteiger partial charge < -0.3 is 43.7 Å². The van der Waals surface area contributed by atoms with Crippen LogP contribution in [-0.4, -0.2) is 48.9 Å². The van der Waals surface area contributed by atoms with E-state index in [0.29, 0.717) is 37.1 Å². The lowest BCUT2D eigenvalue weighted by molar-refractivity contribution is -0.127. The molecule has 0 spiro atoms. The molecule has 2 atom stereocenters. The van der Waals surface area contributed by atoms with Crippen molar-refractivity contribution in [3.63, 3.8) is 0 Å². The molecule has 0 aliphatic heterocycles. The lowest BCUT2D eigenvalue weighted by Crippen LogP contribution is -2.50. The van der Waals surface area contributed by atoms with E-state index in [1.165, 1.54) is 6.07 Å². The molecule has 38 heavy (non-hydrogen) atoms. The summed E-state index contributed by atoms with van der Waals surface area (Å²) >= 11 is 0. The number of hydrogen-bond donors (Lipinski definition) is 7. The van der Waals surface area contributed by atoms with E-state index in [0.717, 1.165) is 10.9 Å². The van der Waals surface area contributed by atoms with E-state index < -0.39 is 29.5 Å². The van der Waals surface area contributed by atoms with Crippen LogP contribution in [-0.2, 0) is 9.59 Å². The van der Waals surface area contributed by atoms with E-state index in [9.17, 15) is 14.4 Å². The maximum absolute atomic E-state index is 13.0. The van der Waals surface area contributed by atoms with E-state index in [1.54, 1.807) is 25.1 Å². The fourth-order valence-electron chi connectivity index (χ4n) is 3.33. The second-order valence-electron chi connectivity index (χ2n) is 8.01. The van der Waals surface area contributed by atoms with Crippen molar-refractivity contribution in [2.75, 3.05) is 18.4 Å². The van der Waals surface area contributed by atoms with Crippen LogP contribution in [0.25, 0.3) is 11.0 Å². The van der Waals surface area contributed by atoms with Crippen LogP contribution in [0, 0.1) is 6.92 Å². The number of nitrogens with zero attached hydrogens (tertiary/aromatic N) is 2. The highest BCUT2D eigenvalue weighted by atomic mass is 35.5. The molecule has 0 aliphatic rings. The van der Waals surface area contributed by atoms with E-state index in [-0.39, 0.29) is 62.1 Å². The van der Waals surface area contributed by atoms with Crippen LogP contribution >= 0.6 is 37.2 Å². The summed E-state index contributed by atoms with van der Waals surface area (Å²) in [6.45, 7) is 2.41. The quantitative estimate of drug-likeness (QED) is 0.0765. The maximum atomic E-state index is 13.0. The number of carbonyl (C=O) groups excluding carboxylic acids is 2. The van der Waals surface area contributed by atoms with Crippen LogP contribution in [0.1, 0.15) is 31.2 Å². The molecule has 2 rings (SSSR count). The normalized spacial score (nSPS) is 11.4. The number of nitrogens with one attached hydrogen (secondary N) is 2. The minimum Gasteiger partial charge on any atom is -0.423 e. The number of fused-ring (bicyclic) bond motifs is 1. The minimum absolute atomic E-state index is 0. The van der Waals surface area contributed by atoms with Crippen LogP contribution in [0.4, 0.5) is 5.69 Å². The number of rotatable bonds is 12. The van der Waals surface area contributed by atoms with Crippen LogP contribution < -0.4 is 44.9 Å². The average Bonchev–Trinajstić information content (AvgIpc) is 2.77. The molecular formula is C22H36Cl3N9O4. The van der Waals surface area contributed by atoms with Gasteiger partial charge in [0, 0.05) is 36.3 Å². The number of nitrogens with two attached hydrogens (primary N) is 5. The molecular weight excluding hydrogens is 561 g/mol. The van der Waals surface area contributed by atoms with Crippen LogP contribution in [0.15, 0.2) is 43.5 Å². The molecule has 2 amide bonds. The molecule has 0 unspecified atom stereocenters. The lowest BCUT2D eigenvalue weighted by Gasteiger charge is -2.20. The number of hydrogen-bond acceptors (Lipinski definition) is 7. The first-order chi connectivity index (χ1) is 16.6. The largest absolute Gasteiger partial charge is 0.423 e. The van der Waals surface area contributed by atoms with Crippen LogP contribution in [0.3, 0.4) is 0 Å². The van der Waals surface area contributed by atoms with E-state index in [1.807, 2.05) is 0 Å². The minimum atomic E-state index is -0.902. The number of benzene rings is 1. The SMILES string of the molecule is Cc1cc(=O)oc2cc(NC(=O)[C@H](CCCN=C(N)N)NC(=O)[C@@H](N)CCCN=C(N)N)ccc12.Cl.Cl.Cl. The lowest BCUT2D eigenvalue weighted by atomic mass is 10.1. The summed E-state index contributed by atoms with van der Waals surface area (Å²) in [4.78, 5) is 45.1. The van der Waals surface area contributed by atoms with Crippen molar-refractivity contribution >= 4 is 77.6 Å². The van der Waals surface area contributed by atoms with Gasteiger partial charge in [-0.15, -0.1) is 37.2 Å². The molecule has 0 aliphatic carbocycles. The Labute approximate surface area is 238 Å². The molecule has 0 saturated heterocycles. The predicted molar refractivity (Wildman–Crippen MR) is 157 cm³/mol. The first kappa shape index (κ1) is 36.9. The van der Waals surface area contributed by atoms with Crippen molar-refractivity contribution in [3.8, 4) is 0 Å². The summed E-state index contributed by atoms with van der Waals surface area (Å²) in [6, 6.07) is 4.61. The fourth-order valence-corrected chi connectivity index (χ4v) is 3.33. The fraction of sp³-hybridized carbons (Fsp3) is 0.409. The summed E-state index contributed by atoms with van der Waals surface area (Å²) in [6.07, 6.45) is 1.52. The highest BCUT2D eigenvalue weighted by Gasteiger charge is 2.23. The number of aryl methyl sites for hydroxylation is 1. The third-order valence-electron chi connectivity index (χ3n) is 5.10. The van der Waals surface area contributed by atoms with Gasteiger partial charge in [0.25, 0.3) is 0 Å². The van der Waals surface area contributed by atoms with Crippen LogP contribution in [0.2, 0.25) is 0 Å². The highest BCUT2D eigenvalue weighted by molar-refractivity contribution is 5.99. The smallest absolute Gasteiger partial charge is 0.336 e. The van der Waals surface area contributed by atoms with Gasteiger partial charge in [-0.2, -0.15) is 0 Å². The van der Waals surface area contributed by atoms with E-state index >= 15 is 0 Å². The van der Waals surface area contributed by atoms with E-state index in [2.05, 4.69) is 20.6 Å². The van der Waals surface area contributed by atoms with Crippen molar-refractivity contribution in [1.82, 2.24) is 5.32 Å². The Balaban J connectivity index is 0. The van der Waals surface area contributed by atoms with Gasteiger partial charge in [0.1, 0.15) is 11.6 Å². The number of guanidine groups is 2. The topological polar surface area (TPSA) is 243 Å². The third kappa shape index (κ3) is 12.3.